The molecule has 0 atom stereocenters. The summed E-state index contributed by atoms with van der Waals surface area (Å²) in [5.74, 6) is 0. The van der Waals surface area contributed by atoms with E-state index in [4.69, 9.17) is 16.4 Å². The van der Waals surface area contributed by atoms with Crippen LogP contribution in [0.4, 0.5) is 0 Å². The van der Waals surface area contributed by atoms with Gasteiger partial charge in [-0.2, -0.15) is 0 Å². The normalized spacial score (nSPS) is 10.7. The third-order valence-corrected chi connectivity index (χ3v) is 1.99. The second-order valence-electron chi connectivity index (χ2n) is 2.97. The van der Waals surface area contributed by atoms with Gasteiger partial charge in [0.15, 0.2) is 0 Å². The lowest BCUT2D eigenvalue weighted by atomic mass is 10.2. The van der Waals surface area contributed by atoms with E-state index in [0.717, 1.165) is 23.4 Å². The van der Waals surface area contributed by atoms with Gasteiger partial charge in [0.2, 0.25) is 0 Å². The largest absolute Gasteiger partial charge is 0.396 e. The SMILES string of the molecule is CCCCON=Cc1ccc(Cl)cc1. The lowest BCUT2D eigenvalue weighted by molar-refractivity contribution is 0.143. The Morgan fingerprint density at radius 1 is 1.36 bits per heavy atom. The Morgan fingerprint density at radius 3 is 2.71 bits per heavy atom. The number of hydrogen-bond acceptors (Lipinski definition) is 2. The molecule has 0 amide bonds. The number of halogens is 1. The van der Waals surface area contributed by atoms with E-state index in [0.29, 0.717) is 6.61 Å². The molecule has 1 rings (SSSR count). The molecule has 1 aromatic rings. The highest BCUT2D eigenvalue weighted by Gasteiger charge is 1.88. The van der Waals surface area contributed by atoms with Crippen LogP contribution in [0.3, 0.4) is 0 Å². The van der Waals surface area contributed by atoms with Gasteiger partial charge in [0.25, 0.3) is 0 Å². The van der Waals surface area contributed by atoms with Gasteiger partial charge in [0.1, 0.15) is 6.61 Å². The number of oxime groups is 1. The molecule has 14 heavy (non-hydrogen) atoms. The van der Waals surface area contributed by atoms with Gasteiger partial charge in [0.05, 0.1) is 6.21 Å². The summed E-state index contributed by atoms with van der Waals surface area (Å²) >= 11 is 5.74. The first kappa shape index (κ1) is 11.1. The minimum atomic E-state index is 0.681. The summed E-state index contributed by atoms with van der Waals surface area (Å²) in [5.41, 5.74) is 0.992. The van der Waals surface area contributed by atoms with Gasteiger partial charge in [-0.15, -0.1) is 0 Å². The highest BCUT2D eigenvalue weighted by molar-refractivity contribution is 6.30. The maximum Gasteiger partial charge on any atom is 0.117 e. The van der Waals surface area contributed by atoms with Gasteiger partial charge in [-0.3, -0.25) is 0 Å². The van der Waals surface area contributed by atoms with E-state index in [2.05, 4.69) is 12.1 Å². The second kappa shape index (κ2) is 6.44. The van der Waals surface area contributed by atoms with Gasteiger partial charge in [0, 0.05) is 5.02 Å². The molecule has 1 aromatic carbocycles. The summed E-state index contributed by atoms with van der Waals surface area (Å²) in [6.45, 7) is 2.80. The van der Waals surface area contributed by atoms with Crippen LogP contribution in [0.2, 0.25) is 5.02 Å². The van der Waals surface area contributed by atoms with Crippen LogP contribution in [-0.2, 0) is 4.84 Å². The molecule has 76 valence electrons. The Balaban J connectivity index is 2.33. The van der Waals surface area contributed by atoms with Crippen molar-refractivity contribution in [2.24, 2.45) is 5.16 Å². The lowest BCUT2D eigenvalue weighted by Crippen LogP contribution is -1.87. The summed E-state index contributed by atoms with van der Waals surface area (Å²) in [7, 11) is 0. The quantitative estimate of drug-likeness (QED) is 0.415. The van der Waals surface area contributed by atoms with Gasteiger partial charge in [-0.05, 0) is 24.1 Å². The summed E-state index contributed by atoms with van der Waals surface area (Å²) in [5, 5.41) is 4.57. The molecule has 0 aliphatic carbocycles. The van der Waals surface area contributed by atoms with Gasteiger partial charge in [-0.25, -0.2) is 0 Å². The summed E-state index contributed by atoms with van der Waals surface area (Å²) < 4.78 is 0. The number of rotatable bonds is 5. The van der Waals surface area contributed by atoms with Crippen molar-refractivity contribution in [1.29, 1.82) is 0 Å². The van der Waals surface area contributed by atoms with Crippen LogP contribution in [0.25, 0.3) is 0 Å². The predicted molar refractivity (Wildman–Crippen MR) is 59.9 cm³/mol. The topological polar surface area (TPSA) is 21.6 Å². The van der Waals surface area contributed by atoms with Crippen molar-refractivity contribution < 1.29 is 4.84 Å². The van der Waals surface area contributed by atoms with Crippen LogP contribution in [-0.4, -0.2) is 12.8 Å². The highest BCUT2D eigenvalue weighted by atomic mass is 35.5. The monoisotopic (exact) mass is 211 g/mol. The van der Waals surface area contributed by atoms with Crippen LogP contribution in [0.1, 0.15) is 25.3 Å². The van der Waals surface area contributed by atoms with Crippen molar-refractivity contribution in [1.82, 2.24) is 0 Å². The molecule has 2 nitrogen and oxygen atoms in total. The second-order valence-corrected chi connectivity index (χ2v) is 3.41. The van der Waals surface area contributed by atoms with Crippen molar-refractivity contribution >= 4 is 17.8 Å². The minimum Gasteiger partial charge on any atom is -0.396 e. The van der Waals surface area contributed by atoms with Gasteiger partial charge >= 0.3 is 0 Å². The smallest absolute Gasteiger partial charge is 0.117 e. The Kier molecular flexibility index (Phi) is 5.08. The Morgan fingerprint density at radius 2 is 2.07 bits per heavy atom. The molecule has 0 heterocycles. The van der Waals surface area contributed by atoms with E-state index in [9.17, 15) is 0 Å². The van der Waals surface area contributed by atoms with E-state index in [1.165, 1.54) is 0 Å². The Hall–Kier alpha value is -1.02. The molecule has 0 saturated carbocycles. The van der Waals surface area contributed by atoms with Crippen LogP contribution in [0, 0.1) is 0 Å². The number of benzene rings is 1. The fourth-order valence-electron chi connectivity index (χ4n) is 0.909. The first-order chi connectivity index (χ1) is 6.83. The third-order valence-electron chi connectivity index (χ3n) is 1.74. The Labute approximate surface area is 89.5 Å². The maximum atomic E-state index is 5.74. The van der Waals surface area contributed by atoms with Crippen molar-refractivity contribution in [2.45, 2.75) is 19.8 Å². The molecular formula is C11H14ClNO. The van der Waals surface area contributed by atoms with Crippen LogP contribution < -0.4 is 0 Å². The van der Waals surface area contributed by atoms with Gasteiger partial charge in [-0.1, -0.05) is 42.2 Å². The zero-order chi connectivity index (χ0) is 10.2. The van der Waals surface area contributed by atoms with E-state index >= 15 is 0 Å². The summed E-state index contributed by atoms with van der Waals surface area (Å²) in [6, 6.07) is 7.45. The fourth-order valence-corrected chi connectivity index (χ4v) is 1.03. The highest BCUT2D eigenvalue weighted by Crippen LogP contribution is 2.07. The van der Waals surface area contributed by atoms with Crippen molar-refractivity contribution in [2.75, 3.05) is 6.61 Å². The molecule has 0 N–H and O–H groups in total. The number of hydrogen-bond donors (Lipinski definition) is 0. The summed E-state index contributed by atoms with van der Waals surface area (Å²) in [4.78, 5) is 5.04. The zero-order valence-corrected chi connectivity index (χ0v) is 9.00. The third kappa shape index (κ3) is 4.28. The standard InChI is InChI=1S/C11H14ClNO/c1-2-3-8-14-13-9-10-4-6-11(12)7-5-10/h4-7,9H,2-3,8H2,1H3. The fraction of sp³-hybridized carbons (Fsp3) is 0.364. The number of nitrogens with zero attached hydrogens (tertiary/aromatic N) is 1. The first-order valence-corrected chi connectivity index (χ1v) is 5.11. The van der Waals surface area contributed by atoms with E-state index in [-0.39, 0.29) is 0 Å². The molecule has 0 aromatic heterocycles. The Bertz CT molecular complexity index is 282. The molecular weight excluding hydrogens is 198 g/mol. The average Bonchev–Trinajstić information content (AvgIpc) is 2.21. The van der Waals surface area contributed by atoms with E-state index < -0.39 is 0 Å². The minimum absolute atomic E-state index is 0.681. The summed E-state index contributed by atoms with van der Waals surface area (Å²) in [6.07, 6.45) is 3.85. The average molecular weight is 212 g/mol. The van der Waals surface area contributed by atoms with Gasteiger partial charge < -0.3 is 4.84 Å². The zero-order valence-electron chi connectivity index (χ0n) is 8.24. The molecule has 3 heteroatoms. The molecule has 0 spiro atoms. The molecule has 0 aliphatic heterocycles. The van der Waals surface area contributed by atoms with Crippen LogP contribution in [0.5, 0.6) is 0 Å². The molecule has 0 unspecified atom stereocenters. The molecule has 0 bridgehead atoms. The molecule has 0 radical (unpaired) electrons. The van der Waals surface area contributed by atoms with E-state index in [1.54, 1.807) is 6.21 Å². The molecule has 0 fully saturated rings. The molecule has 0 saturated heterocycles. The first-order valence-electron chi connectivity index (χ1n) is 4.74. The van der Waals surface area contributed by atoms with Crippen molar-refractivity contribution in [3.8, 4) is 0 Å². The maximum absolute atomic E-state index is 5.74. The van der Waals surface area contributed by atoms with Crippen LogP contribution in [0.15, 0.2) is 29.4 Å². The number of unbranched alkanes of at least 4 members (excludes halogenated alkanes) is 1. The van der Waals surface area contributed by atoms with Crippen molar-refractivity contribution in [3.05, 3.63) is 34.9 Å². The molecule has 0 aliphatic rings. The van der Waals surface area contributed by atoms with Crippen molar-refractivity contribution in [3.63, 3.8) is 0 Å². The van der Waals surface area contributed by atoms with E-state index in [1.807, 2.05) is 24.3 Å². The lowest BCUT2D eigenvalue weighted by Gasteiger charge is -1.96. The predicted octanol–water partition coefficient (Wildman–Crippen LogP) is 3.49. The van der Waals surface area contributed by atoms with Crippen LogP contribution >= 0.6 is 11.6 Å².